The van der Waals surface area contributed by atoms with Crippen LogP contribution in [0.15, 0.2) is 5.38 Å². The fourth-order valence-corrected chi connectivity index (χ4v) is 2.83. The van der Waals surface area contributed by atoms with Crippen LogP contribution in [0.2, 0.25) is 0 Å². The third-order valence-electron chi connectivity index (χ3n) is 2.93. The summed E-state index contributed by atoms with van der Waals surface area (Å²) >= 11 is 1.70. The lowest BCUT2D eigenvalue weighted by Gasteiger charge is -2.08. The summed E-state index contributed by atoms with van der Waals surface area (Å²) in [7, 11) is 0. The van der Waals surface area contributed by atoms with Gasteiger partial charge in [0.2, 0.25) is 0 Å². The van der Waals surface area contributed by atoms with Crippen LogP contribution in [-0.4, -0.2) is 30.8 Å². The highest BCUT2D eigenvalue weighted by Gasteiger charge is 2.14. The van der Waals surface area contributed by atoms with Crippen molar-refractivity contribution >= 4 is 11.3 Å². The van der Waals surface area contributed by atoms with E-state index in [2.05, 4.69) is 15.7 Å². The molecule has 0 saturated carbocycles. The molecular weight excluding hydrogens is 234 g/mol. The minimum atomic E-state index is 0.478. The van der Waals surface area contributed by atoms with Crippen molar-refractivity contribution in [3.8, 4) is 0 Å². The van der Waals surface area contributed by atoms with Gasteiger partial charge in [-0.2, -0.15) is 0 Å². The van der Waals surface area contributed by atoms with Crippen molar-refractivity contribution in [3.05, 3.63) is 16.1 Å². The Bertz CT molecular complexity index is 323. The highest BCUT2D eigenvalue weighted by Crippen LogP contribution is 2.14. The molecule has 1 saturated heterocycles. The predicted molar refractivity (Wildman–Crippen MR) is 70.2 cm³/mol. The van der Waals surface area contributed by atoms with Gasteiger partial charge in [-0.1, -0.05) is 0 Å². The molecule has 0 spiro atoms. The largest absolute Gasteiger partial charge is 0.378 e. The second-order valence-corrected chi connectivity index (χ2v) is 5.31. The molecule has 1 aliphatic rings. The molecule has 2 heterocycles. The summed E-state index contributed by atoms with van der Waals surface area (Å²) in [5.41, 5.74) is 6.63. The molecule has 0 amide bonds. The molecule has 17 heavy (non-hydrogen) atoms. The molecule has 1 atom stereocenters. The molecule has 0 aliphatic carbocycles. The van der Waals surface area contributed by atoms with Crippen LogP contribution in [0.3, 0.4) is 0 Å². The van der Waals surface area contributed by atoms with Gasteiger partial charge in [0.15, 0.2) is 0 Å². The van der Waals surface area contributed by atoms with Crippen molar-refractivity contribution < 1.29 is 4.74 Å². The number of hydrogen-bond acceptors (Lipinski definition) is 5. The summed E-state index contributed by atoms with van der Waals surface area (Å²) in [4.78, 5) is 4.51. The van der Waals surface area contributed by atoms with Crippen molar-refractivity contribution in [1.82, 2.24) is 10.3 Å². The minimum absolute atomic E-state index is 0.478. The Balaban J connectivity index is 1.60. The van der Waals surface area contributed by atoms with E-state index in [0.717, 1.165) is 43.2 Å². The summed E-state index contributed by atoms with van der Waals surface area (Å²) in [6.07, 6.45) is 4.92. The number of nitrogens with two attached hydrogens (primary N) is 1. The molecule has 1 aliphatic heterocycles. The van der Waals surface area contributed by atoms with E-state index in [1.54, 1.807) is 11.3 Å². The zero-order valence-corrected chi connectivity index (χ0v) is 11.0. The van der Waals surface area contributed by atoms with Gasteiger partial charge < -0.3 is 15.8 Å². The fraction of sp³-hybridized carbons (Fsp3) is 0.750. The van der Waals surface area contributed by atoms with Crippen molar-refractivity contribution in [2.24, 2.45) is 5.73 Å². The van der Waals surface area contributed by atoms with E-state index in [4.69, 9.17) is 10.5 Å². The molecule has 2 rings (SSSR count). The fourth-order valence-electron chi connectivity index (χ4n) is 2.02. The maximum atomic E-state index is 5.57. The Kier molecular flexibility index (Phi) is 5.38. The van der Waals surface area contributed by atoms with E-state index in [9.17, 15) is 0 Å². The molecule has 0 aromatic carbocycles. The van der Waals surface area contributed by atoms with Gasteiger partial charge in [-0.05, 0) is 32.4 Å². The summed E-state index contributed by atoms with van der Waals surface area (Å²) in [6.45, 7) is 3.49. The molecule has 4 nitrogen and oxygen atoms in total. The van der Waals surface area contributed by atoms with Crippen LogP contribution in [0.5, 0.6) is 0 Å². The van der Waals surface area contributed by atoms with Gasteiger partial charge in [0.1, 0.15) is 0 Å². The zero-order valence-electron chi connectivity index (χ0n) is 10.2. The SMILES string of the molecule is NCCc1nc(CNCCC2CCCO2)cs1. The number of hydrogen-bond donors (Lipinski definition) is 2. The number of thiazole rings is 1. The van der Waals surface area contributed by atoms with E-state index in [1.165, 1.54) is 12.8 Å². The Hall–Kier alpha value is -0.490. The standard InChI is InChI=1S/C12H21N3OS/c13-5-3-12-15-10(9-17-12)8-14-6-4-11-2-1-7-16-11/h9,11,14H,1-8,13H2. The molecule has 0 radical (unpaired) electrons. The van der Waals surface area contributed by atoms with Gasteiger partial charge in [0.05, 0.1) is 16.8 Å². The lowest BCUT2D eigenvalue weighted by Crippen LogP contribution is -2.20. The van der Waals surface area contributed by atoms with Gasteiger partial charge in [0, 0.05) is 25.0 Å². The minimum Gasteiger partial charge on any atom is -0.378 e. The second-order valence-electron chi connectivity index (χ2n) is 4.37. The van der Waals surface area contributed by atoms with Gasteiger partial charge in [-0.3, -0.25) is 0 Å². The highest BCUT2D eigenvalue weighted by molar-refractivity contribution is 7.09. The van der Waals surface area contributed by atoms with Crippen molar-refractivity contribution in [3.63, 3.8) is 0 Å². The lowest BCUT2D eigenvalue weighted by molar-refractivity contribution is 0.104. The quantitative estimate of drug-likeness (QED) is 0.721. The number of aromatic nitrogens is 1. The van der Waals surface area contributed by atoms with Crippen molar-refractivity contribution in [1.29, 1.82) is 0 Å². The first-order valence-corrected chi connectivity index (χ1v) is 7.22. The first-order chi connectivity index (χ1) is 8.38. The Labute approximate surface area is 107 Å². The van der Waals surface area contributed by atoms with Gasteiger partial charge in [0.25, 0.3) is 0 Å². The Morgan fingerprint density at radius 2 is 2.53 bits per heavy atom. The van der Waals surface area contributed by atoms with Crippen LogP contribution in [0.1, 0.15) is 30.0 Å². The number of nitrogens with zero attached hydrogens (tertiary/aromatic N) is 1. The van der Waals surface area contributed by atoms with Gasteiger partial charge >= 0.3 is 0 Å². The third-order valence-corrected chi connectivity index (χ3v) is 3.89. The van der Waals surface area contributed by atoms with Crippen LogP contribution < -0.4 is 11.1 Å². The zero-order chi connectivity index (χ0) is 11.9. The first kappa shape index (κ1) is 13.0. The smallest absolute Gasteiger partial charge is 0.0941 e. The second kappa shape index (κ2) is 7.06. The number of rotatable bonds is 7. The molecular formula is C12H21N3OS. The van der Waals surface area contributed by atoms with E-state index < -0.39 is 0 Å². The van der Waals surface area contributed by atoms with Crippen LogP contribution in [-0.2, 0) is 17.7 Å². The normalized spacial score (nSPS) is 19.9. The molecule has 1 fully saturated rings. The van der Waals surface area contributed by atoms with E-state index in [-0.39, 0.29) is 0 Å². The van der Waals surface area contributed by atoms with Crippen LogP contribution in [0.25, 0.3) is 0 Å². The van der Waals surface area contributed by atoms with Crippen LogP contribution in [0, 0.1) is 0 Å². The lowest BCUT2D eigenvalue weighted by atomic mass is 10.2. The summed E-state index contributed by atoms with van der Waals surface area (Å²) in [5, 5.41) is 6.67. The predicted octanol–water partition coefficient (Wildman–Crippen LogP) is 1.30. The molecule has 1 aromatic rings. The van der Waals surface area contributed by atoms with E-state index >= 15 is 0 Å². The average molecular weight is 255 g/mol. The Morgan fingerprint density at radius 1 is 1.59 bits per heavy atom. The van der Waals surface area contributed by atoms with Crippen molar-refractivity contribution in [2.75, 3.05) is 19.7 Å². The maximum absolute atomic E-state index is 5.57. The third kappa shape index (κ3) is 4.35. The Morgan fingerprint density at radius 3 is 3.29 bits per heavy atom. The first-order valence-electron chi connectivity index (χ1n) is 6.34. The number of ether oxygens (including phenoxy) is 1. The molecule has 5 heteroatoms. The van der Waals surface area contributed by atoms with Gasteiger partial charge in [-0.15, -0.1) is 11.3 Å². The van der Waals surface area contributed by atoms with Crippen molar-refractivity contribution in [2.45, 2.75) is 38.3 Å². The molecule has 96 valence electrons. The molecule has 0 bridgehead atoms. The highest BCUT2D eigenvalue weighted by atomic mass is 32.1. The summed E-state index contributed by atoms with van der Waals surface area (Å²) < 4.78 is 5.57. The molecule has 3 N–H and O–H groups in total. The van der Waals surface area contributed by atoms with E-state index in [1.807, 2.05) is 0 Å². The molecule has 1 aromatic heterocycles. The number of nitrogens with one attached hydrogen (secondary N) is 1. The molecule has 1 unspecified atom stereocenters. The topological polar surface area (TPSA) is 60.2 Å². The average Bonchev–Trinajstić information content (AvgIpc) is 2.96. The van der Waals surface area contributed by atoms with Crippen LogP contribution in [0.4, 0.5) is 0 Å². The van der Waals surface area contributed by atoms with Gasteiger partial charge in [-0.25, -0.2) is 4.98 Å². The summed E-state index contributed by atoms with van der Waals surface area (Å²) in [5.74, 6) is 0. The monoisotopic (exact) mass is 255 g/mol. The maximum Gasteiger partial charge on any atom is 0.0941 e. The van der Waals surface area contributed by atoms with Crippen LogP contribution >= 0.6 is 11.3 Å². The van der Waals surface area contributed by atoms with E-state index in [0.29, 0.717) is 12.6 Å². The summed E-state index contributed by atoms with van der Waals surface area (Å²) in [6, 6.07) is 0.